The summed E-state index contributed by atoms with van der Waals surface area (Å²) in [5.41, 5.74) is -0.542. The van der Waals surface area contributed by atoms with Crippen LogP contribution < -0.4 is 16.4 Å². The van der Waals surface area contributed by atoms with Gasteiger partial charge in [-0.05, 0) is 29.9 Å². The highest BCUT2D eigenvalue weighted by molar-refractivity contribution is 7.99. The van der Waals surface area contributed by atoms with Crippen LogP contribution in [-0.4, -0.2) is 21.3 Å². The van der Waals surface area contributed by atoms with Crippen molar-refractivity contribution in [1.82, 2.24) is 20.1 Å². The van der Waals surface area contributed by atoms with Crippen molar-refractivity contribution in [2.24, 2.45) is 7.05 Å². The molecule has 0 radical (unpaired) electrons. The highest BCUT2D eigenvalue weighted by atomic mass is 35.5. The van der Waals surface area contributed by atoms with Crippen LogP contribution in [0.3, 0.4) is 0 Å². The molecule has 0 bridgehead atoms. The van der Waals surface area contributed by atoms with Gasteiger partial charge in [0.15, 0.2) is 5.16 Å². The first-order valence-corrected chi connectivity index (χ1v) is 7.55. The van der Waals surface area contributed by atoms with Crippen molar-refractivity contribution < 1.29 is 0 Å². The first kappa shape index (κ1) is 15.8. The van der Waals surface area contributed by atoms with Crippen LogP contribution in [0.1, 0.15) is 12.5 Å². The number of aryl methyl sites for hydroxylation is 1. The summed E-state index contributed by atoms with van der Waals surface area (Å²) in [6.07, 6.45) is 0. The van der Waals surface area contributed by atoms with Gasteiger partial charge in [-0.2, -0.15) is 4.98 Å². The maximum absolute atomic E-state index is 11.4. The van der Waals surface area contributed by atoms with E-state index in [0.717, 1.165) is 17.0 Å². The number of aromatic amines is 1. The Labute approximate surface area is 130 Å². The number of H-pyrrole nitrogens is 1. The lowest BCUT2D eigenvalue weighted by Gasteiger charge is -2.12. The van der Waals surface area contributed by atoms with E-state index in [1.54, 1.807) is 13.1 Å². The predicted molar refractivity (Wildman–Crippen MR) is 83.1 cm³/mol. The van der Waals surface area contributed by atoms with Crippen LogP contribution in [0, 0.1) is 0 Å². The molecule has 0 fully saturated rings. The van der Waals surface area contributed by atoms with Gasteiger partial charge in [-0.3, -0.25) is 19.4 Å². The summed E-state index contributed by atoms with van der Waals surface area (Å²) in [6, 6.07) is 5.61. The molecule has 6 nitrogen and oxygen atoms in total. The van der Waals surface area contributed by atoms with Crippen LogP contribution >= 0.6 is 23.4 Å². The Balaban J connectivity index is 2.41. The summed E-state index contributed by atoms with van der Waals surface area (Å²) in [7, 11) is 1.62. The molecule has 0 unspecified atom stereocenters. The van der Waals surface area contributed by atoms with Crippen LogP contribution in [0.2, 0.25) is 5.02 Å². The van der Waals surface area contributed by atoms with Crippen LogP contribution in [0.15, 0.2) is 37.8 Å². The fourth-order valence-corrected chi connectivity index (χ4v) is 2.95. The third-order valence-corrected chi connectivity index (χ3v) is 4.42. The Bertz CT molecular complexity index is 757. The molecule has 0 atom stereocenters. The van der Waals surface area contributed by atoms with Crippen molar-refractivity contribution in [3.63, 3.8) is 0 Å². The Hall–Kier alpha value is -1.57. The Morgan fingerprint density at radius 3 is 2.90 bits per heavy atom. The van der Waals surface area contributed by atoms with Gasteiger partial charge in [-0.1, -0.05) is 30.7 Å². The lowest BCUT2D eigenvalue weighted by molar-refractivity contribution is 0.596. The second-order valence-electron chi connectivity index (χ2n) is 4.31. The van der Waals surface area contributed by atoms with Gasteiger partial charge in [0.05, 0.1) is 5.02 Å². The third-order valence-electron chi connectivity index (χ3n) is 2.75. The minimum atomic E-state index is -0.809. The summed E-state index contributed by atoms with van der Waals surface area (Å²) in [5, 5.41) is 6.61. The molecule has 2 rings (SSSR count). The van der Waals surface area contributed by atoms with E-state index >= 15 is 0 Å². The van der Waals surface area contributed by atoms with E-state index in [2.05, 4.69) is 15.4 Å². The summed E-state index contributed by atoms with van der Waals surface area (Å²) in [6.45, 7) is 3.52. The fraction of sp³-hybridized carbons (Fsp3) is 0.308. The minimum absolute atomic E-state index is 0.380. The van der Waals surface area contributed by atoms with Crippen LogP contribution in [0.5, 0.6) is 0 Å². The van der Waals surface area contributed by atoms with Gasteiger partial charge < -0.3 is 5.32 Å². The van der Waals surface area contributed by atoms with E-state index in [9.17, 15) is 9.59 Å². The average Bonchev–Trinajstić information content (AvgIpc) is 2.45. The largest absolute Gasteiger partial charge is 0.339 e. The molecule has 0 aliphatic heterocycles. The molecule has 0 spiro atoms. The summed E-state index contributed by atoms with van der Waals surface area (Å²) in [5.74, 6) is 0. The zero-order valence-electron chi connectivity index (χ0n) is 11.6. The summed E-state index contributed by atoms with van der Waals surface area (Å²) >= 11 is 7.50. The maximum atomic E-state index is 11.4. The van der Waals surface area contributed by atoms with E-state index in [4.69, 9.17) is 11.6 Å². The van der Waals surface area contributed by atoms with Gasteiger partial charge in [0, 0.05) is 18.5 Å². The van der Waals surface area contributed by atoms with Gasteiger partial charge in [-0.25, -0.2) is 0 Å². The van der Waals surface area contributed by atoms with Crippen molar-refractivity contribution in [3.05, 3.63) is 49.5 Å². The maximum Gasteiger partial charge on any atom is 0.339 e. The molecule has 0 saturated carbocycles. The first-order valence-electron chi connectivity index (χ1n) is 6.36. The van der Waals surface area contributed by atoms with E-state index in [0.29, 0.717) is 16.7 Å². The molecule has 21 heavy (non-hydrogen) atoms. The first-order chi connectivity index (χ1) is 10.0. The second kappa shape index (κ2) is 6.93. The summed E-state index contributed by atoms with van der Waals surface area (Å²) < 4.78 is 1.41. The quantitative estimate of drug-likeness (QED) is 0.812. The smallest absolute Gasteiger partial charge is 0.313 e. The zero-order chi connectivity index (χ0) is 15.4. The van der Waals surface area contributed by atoms with Gasteiger partial charge in [0.1, 0.15) is 0 Å². The number of halogens is 1. The number of benzene rings is 1. The van der Waals surface area contributed by atoms with E-state index in [-0.39, 0.29) is 0 Å². The lowest BCUT2D eigenvalue weighted by Crippen LogP contribution is -2.33. The van der Waals surface area contributed by atoms with Crippen molar-refractivity contribution in [3.8, 4) is 0 Å². The monoisotopic (exact) mass is 326 g/mol. The standard InChI is InChI=1S/C13H15ClN4O2S/c1-3-15-7-8-5-4-6-9(14)10(8)21-13-16-11(19)12(20)17-18(13)2/h4-6,15H,3,7H2,1-2H3,(H,17,20). The third kappa shape index (κ3) is 3.75. The molecule has 0 saturated heterocycles. The number of hydrogen-bond donors (Lipinski definition) is 2. The molecule has 1 aromatic carbocycles. The number of rotatable bonds is 5. The molecule has 2 N–H and O–H groups in total. The molecule has 8 heteroatoms. The molecular weight excluding hydrogens is 312 g/mol. The van der Waals surface area contributed by atoms with Gasteiger partial charge in [0.2, 0.25) is 0 Å². The second-order valence-corrected chi connectivity index (χ2v) is 5.69. The predicted octanol–water partition coefficient (Wildman–Crippen LogP) is 1.38. The molecule has 0 aliphatic carbocycles. The molecule has 0 amide bonds. The van der Waals surface area contributed by atoms with Gasteiger partial charge in [-0.15, -0.1) is 0 Å². The number of nitrogens with zero attached hydrogens (tertiary/aromatic N) is 2. The molecule has 1 heterocycles. The lowest BCUT2D eigenvalue weighted by atomic mass is 10.2. The van der Waals surface area contributed by atoms with E-state index in [1.165, 1.54) is 16.4 Å². The van der Waals surface area contributed by atoms with E-state index in [1.807, 2.05) is 19.1 Å². The average molecular weight is 327 g/mol. The molecular formula is C13H15ClN4O2S. The van der Waals surface area contributed by atoms with Gasteiger partial charge in [0.25, 0.3) is 0 Å². The minimum Gasteiger partial charge on any atom is -0.313 e. The fourth-order valence-electron chi connectivity index (χ4n) is 1.71. The van der Waals surface area contributed by atoms with Crippen LogP contribution in [0.4, 0.5) is 0 Å². The zero-order valence-corrected chi connectivity index (χ0v) is 13.2. The molecule has 112 valence electrons. The number of hydrogen-bond acceptors (Lipinski definition) is 5. The number of aromatic nitrogens is 3. The normalized spacial score (nSPS) is 10.8. The molecule has 1 aromatic heterocycles. The molecule has 0 aliphatic rings. The number of nitrogens with one attached hydrogen (secondary N) is 2. The van der Waals surface area contributed by atoms with E-state index < -0.39 is 11.1 Å². The van der Waals surface area contributed by atoms with Crippen molar-refractivity contribution in [2.45, 2.75) is 23.5 Å². The van der Waals surface area contributed by atoms with Gasteiger partial charge >= 0.3 is 11.1 Å². The Morgan fingerprint density at radius 1 is 1.43 bits per heavy atom. The SMILES string of the molecule is CCNCc1cccc(Cl)c1Sc1nc(=O)c(=O)[nH]n1C. The topological polar surface area (TPSA) is 79.8 Å². The van der Waals surface area contributed by atoms with Crippen molar-refractivity contribution in [2.75, 3.05) is 6.54 Å². The highest BCUT2D eigenvalue weighted by Crippen LogP contribution is 2.34. The Morgan fingerprint density at radius 2 is 2.19 bits per heavy atom. The van der Waals surface area contributed by atoms with Crippen molar-refractivity contribution in [1.29, 1.82) is 0 Å². The van der Waals surface area contributed by atoms with Crippen molar-refractivity contribution >= 4 is 23.4 Å². The Kier molecular flexibility index (Phi) is 5.22. The molecule has 2 aromatic rings. The van der Waals surface area contributed by atoms with Crippen LogP contribution in [0.25, 0.3) is 0 Å². The summed E-state index contributed by atoms with van der Waals surface area (Å²) in [4.78, 5) is 27.2. The highest BCUT2D eigenvalue weighted by Gasteiger charge is 2.12. The van der Waals surface area contributed by atoms with Crippen LogP contribution in [-0.2, 0) is 13.6 Å².